The van der Waals surface area contributed by atoms with Gasteiger partial charge in [0.1, 0.15) is 0 Å². The molecule has 0 bridgehead atoms. The van der Waals surface area contributed by atoms with Crippen LogP contribution in [0.4, 0.5) is 5.69 Å². The van der Waals surface area contributed by atoms with E-state index in [1.165, 1.54) is 6.20 Å². The number of nitrogens with zero attached hydrogens (tertiary/aromatic N) is 1. The van der Waals surface area contributed by atoms with Crippen molar-refractivity contribution in [2.24, 2.45) is 0 Å². The van der Waals surface area contributed by atoms with Crippen LogP contribution in [0.3, 0.4) is 0 Å². The fourth-order valence-electron chi connectivity index (χ4n) is 1.85. The fraction of sp³-hybridized carbons (Fsp3) is 0.188. The van der Waals surface area contributed by atoms with Gasteiger partial charge in [0.2, 0.25) is 0 Å². The summed E-state index contributed by atoms with van der Waals surface area (Å²) in [5.41, 5.74) is 2.65. The van der Waals surface area contributed by atoms with Gasteiger partial charge in [0, 0.05) is 6.20 Å². The lowest BCUT2D eigenvalue weighted by atomic mass is 10.0. The SMILES string of the molecule is Cc1cccc(C(=O)OCC(=O)Nc2cccnc2Cl)c1C. The number of hydrogen-bond acceptors (Lipinski definition) is 4. The molecule has 1 aromatic carbocycles. The third kappa shape index (κ3) is 3.83. The van der Waals surface area contributed by atoms with E-state index in [2.05, 4.69) is 10.3 Å². The van der Waals surface area contributed by atoms with Crippen molar-refractivity contribution in [2.75, 3.05) is 11.9 Å². The van der Waals surface area contributed by atoms with Gasteiger partial charge in [-0.05, 0) is 43.2 Å². The molecule has 0 spiro atoms. The van der Waals surface area contributed by atoms with Crippen LogP contribution in [-0.2, 0) is 9.53 Å². The summed E-state index contributed by atoms with van der Waals surface area (Å²) in [7, 11) is 0. The van der Waals surface area contributed by atoms with E-state index in [1.54, 1.807) is 24.3 Å². The maximum atomic E-state index is 12.0. The highest BCUT2D eigenvalue weighted by molar-refractivity contribution is 6.32. The molecule has 1 N–H and O–H groups in total. The molecule has 0 aliphatic carbocycles. The first-order chi connectivity index (χ1) is 10.5. The molecular formula is C16H15ClN2O3. The first kappa shape index (κ1) is 16.0. The topological polar surface area (TPSA) is 68.3 Å². The van der Waals surface area contributed by atoms with Crippen molar-refractivity contribution in [3.8, 4) is 0 Å². The third-order valence-corrected chi connectivity index (χ3v) is 3.49. The van der Waals surface area contributed by atoms with E-state index >= 15 is 0 Å². The number of esters is 1. The second kappa shape index (κ2) is 7.04. The van der Waals surface area contributed by atoms with Gasteiger partial charge in [0.25, 0.3) is 5.91 Å². The average Bonchev–Trinajstić information content (AvgIpc) is 2.50. The molecule has 0 radical (unpaired) electrons. The Bertz CT molecular complexity index is 716. The number of halogens is 1. The zero-order valence-corrected chi connectivity index (χ0v) is 13.0. The van der Waals surface area contributed by atoms with Crippen molar-refractivity contribution in [3.05, 3.63) is 58.4 Å². The molecule has 0 unspecified atom stereocenters. The Labute approximate surface area is 133 Å². The number of carbonyl (C=O) groups is 2. The molecular weight excluding hydrogens is 304 g/mol. The number of hydrogen-bond donors (Lipinski definition) is 1. The first-order valence-electron chi connectivity index (χ1n) is 6.62. The quantitative estimate of drug-likeness (QED) is 0.694. The Morgan fingerprint density at radius 1 is 1.23 bits per heavy atom. The van der Waals surface area contributed by atoms with Gasteiger partial charge in [-0.3, -0.25) is 4.79 Å². The molecule has 0 aliphatic heterocycles. The predicted octanol–water partition coefficient (Wildman–Crippen LogP) is 3.15. The van der Waals surface area contributed by atoms with Crippen LogP contribution in [0.25, 0.3) is 0 Å². The van der Waals surface area contributed by atoms with Crippen molar-refractivity contribution in [3.63, 3.8) is 0 Å². The van der Waals surface area contributed by atoms with Gasteiger partial charge >= 0.3 is 5.97 Å². The number of amides is 1. The van der Waals surface area contributed by atoms with E-state index in [-0.39, 0.29) is 5.15 Å². The van der Waals surface area contributed by atoms with Gasteiger partial charge in [-0.25, -0.2) is 9.78 Å². The predicted molar refractivity (Wildman–Crippen MR) is 84.1 cm³/mol. The maximum Gasteiger partial charge on any atom is 0.338 e. The summed E-state index contributed by atoms with van der Waals surface area (Å²) in [4.78, 5) is 27.6. The van der Waals surface area contributed by atoms with Crippen molar-refractivity contribution in [1.29, 1.82) is 0 Å². The van der Waals surface area contributed by atoms with Crippen molar-refractivity contribution < 1.29 is 14.3 Å². The minimum Gasteiger partial charge on any atom is -0.452 e. The summed E-state index contributed by atoms with van der Waals surface area (Å²) in [6.45, 7) is 3.35. The normalized spacial score (nSPS) is 10.1. The Kier molecular flexibility index (Phi) is 5.12. The number of benzene rings is 1. The summed E-state index contributed by atoms with van der Waals surface area (Å²) in [6.07, 6.45) is 1.51. The largest absolute Gasteiger partial charge is 0.452 e. The van der Waals surface area contributed by atoms with Gasteiger partial charge in [0.05, 0.1) is 11.3 Å². The highest BCUT2D eigenvalue weighted by atomic mass is 35.5. The summed E-state index contributed by atoms with van der Waals surface area (Å²) >= 11 is 5.83. The van der Waals surface area contributed by atoms with E-state index < -0.39 is 18.5 Å². The van der Waals surface area contributed by atoms with Crippen LogP contribution in [0.15, 0.2) is 36.5 Å². The Hall–Kier alpha value is -2.40. The van der Waals surface area contributed by atoms with Crippen LogP contribution in [0.5, 0.6) is 0 Å². The molecule has 2 aromatic rings. The summed E-state index contributed by atoms with van der Waals surface area (Å²) in [6, 6.07) is 8.60. The average molecular weight is 319 g/mol. The second-order valence-corrected chi connectivity index (χ2v) is 5.07. The van der Waals surface area contributed by atoms with Crippen LogP contribution in [-0.4, -0.2) is 23.5 Å². The first-order valence-corrected chi connectivity index (χ1v) is 7.00. The number of aromatic nitrogens is 1. The van der Waals surface area contributed by atoms with Crippen LogP contribution in [0.1, 0.15) is 21.5 Å². The minimum atomic E-state index is -0.534. The molecule has 1 amide bonds. The molecule has 22 heavy (non-hydrogen) atoms. The van der Waals surface area contributed by atoms with E-state index in [4.69, 9.17) is 16.3 Å². The molecule has 1 aromatic heterocycles. The lowest BCUT2D eigenvalue weighted by Gasteiger charge is -2.09. The number of nitrogens with one attached hydrogen (secondary N) is 1. The highest BCUT2D eigenvalue weighted by Crippen LogP contribution is 2.17. The number of aryl methyl sites for hydroxylation is 1. The number of carbonyl (C=O) groups excluding carboxylic acids is 2. The molecule has 114 valence electrons. The number of pyridine rings is 1. The second-order valence-electron chi connectivity index (χ2n) is 4.71. The third-order valence-electron chi connectivity index (χ3n) is 3.19. The molecule has 0 atom stereocenters. The van der Waals surface area contributed by atoms with Crippen LogP contribution in [0.2, 0.25) is 5.15 Å². The minimum absolute atomic E-state index is 0.178. The zero-order valence-electron chi connectivity index (χ0n) is 12.2. The van der Waals surface area contributed by atoms with Crippen molar-refractivity contribution in [1.82, 2.24) is 4.98 Å². The van der Waals surface area contributed by atoms with Gasteiger partial charge in [-0.1, -0.05) is 23.7 Å². The molecule has 6 heteroatoms. The highest BCUT2D eigenvalue weighted by Gasteiger charge is 2.14. The van der Waals surface area contributed by atoms with Crippen LogP contribution in [0, 0.1) is 13.8 Å². The molecule has 0 saturated heterocycles. The number of ether oxygens (including phenoxy) is 1. The van der Waals surface area contributed by atoms with E-state index in [9.17, 15) is 9.59 Å². The summed E-state index contributed by atoms with van der Waals surface area (Å²) < 4.78 is 5.02. The molecule has 2 rings (SSSR count). The zero-order chi connectivity index (χ0) is 16.1. The van der Waals surface area contributed by atoms with E-state index in [0.29, 0.717) is 11.3 Å². The van der Waals surface area contributed by atoms with Gasteiger partial charge in [-0.15, -0.1) is 0 Å². The van der Waals surface area contributed by atoms with Crippen LogP contribution < -0.4 is 5.32 Å². The Balaban J connectivity index is 1.95. The smallest absolute Gasteiger partial charge is 0.338 e. The van der Waals surface area contributed by atoms with Crippen molar-refractivity contribution >= 4 is 29.2 Å². The Morgan fingerprint density at radius 3 is 2.73 bits per heavy atom. The molecule has 0 fully saturated rings. The van der Waals surface area contributed by atoms with Gasteiger partial charge in [0.15, 0.2) is 11.8 Å². The van der Waals surface area contributed by atoms with E-state index in [1.807, 2.05) is 19.9 Å². The monoisotopic (exact) mass is 318 g/mol. The molecule has 0 saturated carbocycles. The molecule has 1 heterocycles. The van der Waals surface area contributed by atoms with Gasteiger partial charge < -0.3 is 10.1 Å². The van der Waals surface area contributed by atoms with E-state index in [0.717, 1.165) is 11.1 Å². The lowest BCUT2D eigenvalue weighted by molar-refractivity contribution is -0.119. The standard InChI is InChI=1S/C16H15ClN2O3/c1-10-5-3-6-12(11(10)2)16(21)22-9-14(20)19-13-7-4-8-18-15(13)17/h3-8H,9H2,1-2H3,(H,19,20). The maximum absolute atomic E-state index is 12.0. The molecule has 5 nitrogen and oxygen atoms in total. The van der Waals surface area contributed by atoms with Gasteiger partial charge in [-0.2, -0.15) is 0 Å². The summed E-state index contributed by atoms with van der Waals surface area (Å²) in [5, 5.41) is 2.71. The molecule has 0 aliphatic rings. The Morgan fingerprint density at radius 2 is 2.00 bits per heavy atom. The fourth-order valence-corrected chi connectivity index (χ4v) is 2.01. The number of rotatable bonds is 4. The van der Waals surface area contributed by atoms with Crippen LogP contribution >= 0.6 is 11.6 Å². The summed E-state index contributed by atoms with van der Waals surface area (Å²) in [5.74, 6) is -1.01. The van der Waals surface area contributed by atoms with Crippen molar-refractivity contribution in [2.45, 2.75) is 13.8 Å². The number of anilines is 1. The lowest BCUT2D eigenvalue weighted by Crippen LogP contribution is -2.21.